The summed E-state index contributed by atoms with van der Waals surface area (Å²) in [5, 5.41) is 0. The highest BCUT2D eigenvalue weighted by Gasteiger charge is 2.42. The van der Waals surface area contributed by atoms with Crippen LogP contribution in [0.5, 0.6) is 0 Å². The van der Waals surface area contributed by atoms with E-state index in [0.717, 1.165) is 11.4 Å². The first-order valence-corrected chi connectivity index (χ1v) is 6.61. The normalized spacial score (nSPS) is 28.0. The summed E-state index contributed by atoms with van der Waals surface area (Å²) < 4.78 is 31.2. The second-order valence-corrected chi connectivity index (χ2v) is 6.35. The molecule has 0 aromatic carbocycles. The van der Waals surface area contributed by atoms with E-state index in [0.29, 0.717) is 6.42 Å². The van der Waals surface area contributed by atoms with E-state index in [1.807, 2.05) is 20.8 Å². The van der Waals surface area contributed by atoms with Gasteiger partial charge < -0.3 is 0 Å². The van der Waals surface area contributed by atoms with Crippen LogP contribution < -0.4 is 0 Å². The maximum Gasteiger partial charge on any atom is 0.290 e. The zero-order chi connectivity index (χ0) is 12.1. The minimum absolute atomic E-state index is 0.0504. The molecule has 0 fully saturated rings. The average Bonchev–Trinajstić information content (AvgIpc) is 2.37. The summed E-state index contributed by atoms with van der Waals surface area (Å²) in [6.45, 7) is 6.04. The molecule has 2 aliphatic rings. The van der Waals surface area contributed by atoms with E-state index in [1.54, 1.807) is 6.08 Å². The maximum atomic E-state index is 11.1. The fourth-order valence-corrected chi connectivity index (χ4v) is 2.81. The topological polar surface area (TPSA) is 66.7 Å². The summed E-state index contributed by atoms with van der Waals surface area (Å²) in [4.78, 5) is 4.52. The van der Waals surface area contributed by atoms with Crippen molar-refractivity contribution in [1.82, 2.24) is 0 Å². The Balaban J connectivity index is 2.44. The summed E-state index contributed by atoms with van der Waals surface area (Å²) in [6.07, 6.45) is 3.47. The monoisotopic (exact) mass is 241 g/mol. The molecule has 2 rings (SSSR count). The molecule has 0 saturated carbocycles. The summed E-state index contributed by atoms with van der Waals surface area (Å²) in [5.74, 6) is 0.0504. The zero-order valence-corrected chi connectivity index (χ0v) is 10.4. The number of allylic oxidation sites excluding steroid dienone is 4. The number of hydrogen-bond donors (Lipinski definition) is 1. The Morgan fingerprint density at radius 1 is 1.44 bits per heavy atom. The number of fused-ring (bicyclic) bond motifs is 1. The van der Waals surface area contributed by atoms with Crippen molar-refractivity contribution >= 4 is 15.8 Å². The Labute approximate surface area is 95.5 Å². The van der Waals surface area contributed by atoms with Crippen molar-refractivity contribution in [2.24, 2.45) is 16.3 Å². The SMILES string of the molecule is CC1=NC2=CC=C(S(=O)(=O)O)CC2C1(C)C. The Morgan fingerprint density at radius 3 is 2.62 bits per heavy atom. The molecule has 1 N–H and O–H groups in total. The van der Waals surface area contributed by atoms with Gasteiger partial charge in [-0.25, -0.2) is 0 Å². The minimum Gasteiger partial charge on any atom is -0.282 e. The van der Waals surface area contributed by atoms with E-state index >= 15 is 0 Å². The van der Waals surface area contributed by atoms with E-state index in [-0.39, 0.29) is 16.2 Å². The molecule has 1 aliphatic heterocycles. The van der Waals surface area contributed by atoms with Gasteiger partial charge in [0.05, 0.1) is 4.91 Å². The van der Waals surface area contributed by atoms with Crippen LogP contribution in [0.2, 0.25) is 0 Å². The van der Waals surface area contributed by atoms with Gasteiger partial charge >= 0.3 is 0 Å². The quantitative estimate of drug-likeness (QED) is 0.715. The van der Waals surface area contributed by atoms with E-state index in [2.05, 4.69) is 4.99 Å². The van der Waals surface area contributed by atoms with E-state index < -0.39 is 10.1 Å². The third-order valence-corrected chi connectivity index (χ3v) is 4.60. The highest BCUT2D eigenvalue weighted by atomic mass is 32.2. The predicted octanol–water partition coefficient (Wildman–Crippen LogP) is 2.16. The lowest BCUT2D eigenvalue weighted by Crippen LogP contribution is -2.28. The minimum atomic E-state index is -4.07. The van der Waals surface area contributed by atoms with Crippen LogP contribution in [-0.4, -0.2) is 18.7 Å². The molecular weight excluding hydrogens is 226 g/mol. The molecule has 0 saturated heterocycles. The molecule has 0 spiro atoms. The van der Waals surface area contributed by atoms with Crippen LogP contribution in [0.15, 0.2) is 27.7 Å². The van der Waals surface area contributed by atoms with Crippen molar-refractivity contribution in [2.75, 3.05) is 0 Å². The van der Waals surface area contributed by atoms with Crippen LogP contribution in [0.1, 0.15) is 27.2 Å². The van der Waals surface area contributed by atoms with Crippen LogP contribution in [0, 0.1) is 11.3 Å². The third-order valence-electron chi connectivity index (χ3n) is 3.63. The van der Waals surface area contributed by atoms with Crippen LogP contribution in [0.25, 0.3) is 0 Å². The molecule has 88 valence electrons. The Hall–Kier alpha value is -0.940. The molecule has 1 aliphatic carbocycles. The largest absolute Gasteiger partial charge is 0.290 e. The maximum absolute atomic E-state index is 11.1. The molecule has 0 radical (unpaired) electrons. The number of aliphatic imine (C=N–C) groups is 1. The molecule has 0 aromatic heterocycles. The van der Waals surface area contributed by atoms with Crippen LogP contribution >= 0.6 is 0 Å². The molecule has 4 nitrogen and oxygen atoms in total. The second-order valence-electron chi connectivity index (χ2n) is 4.88. The number of nitrogens with zero attached hydrogens (tertiary/aromatic N) is 1. The van der Waals surface area contributed by atoms with Crippen molar-refractivity contribution in [3.05, 3.63) is 22.8 Å². The van der Waals surface area contributed by atoms with Gasteiger partial charge in [0.25, 0.3) is 10.1 Å². The fraction of sp³-hybridized carbons (Fsp3) is 0.545. The van der Waals surface area contributed by atoms with Crippen LogP contribution in [-0.2, 0) is 10.1 Å². The van der Waals surface area contributed by atoms with E-state index in [4.69, 9.17) is 4.55 Å². The van der Waals surface area contributed by atoms with Crippen molar-refractivity contribution in [2.45, 2.75) is 27.2 Å². The Bertz CT molecular complexity index is 523. The van der Waals surface area contributed by atoms with Crippen molar-refractivity contribution in [3.63, 3.8) is 0 Å². The fourth-order valence-electron chi connectivity index (χ4n) is 2.19. The molecule has 0 aromatic rings. The van der Waals surface area contributed by atoms with Gasteiger partial charge in [-0.15, -0.1) is 0 Å². The summed E-state index contributed by atoms with van der Waals surface area (Å²) in [5.41, 5.74) is 1.78. The van der Waals surface area contributed by atoms with Gasteiger partial charge in [0.15, 0.2) is 0 Å². The van der Waals surface area contributed by atoms with Gasteiger partial charge in [0.2, 0.25) is 0 Å². The summed E-state index contributed by atoms with van der Waals surface area (Å²) >= 11 is 0. The first-order valence-electron chi connectivity index (χ1n) is 5.17. The third kappa shape index (κ3) is 1.64. The van der Waals surface area contributed by atoms with Gasteiger partial charge in [0, 0.05) is 22.7 Å². The molecular formula is C11H15NO3S. The van der Waals surface area contributed by atoms with Crippen LogP contribution in [0.4, 0.5) is 0 Å². The van der Waals surface area contributed by atoms with Gasteiger partial charge in [-0.3, -0.25) is 9.55 Å². The van der Waals surface area contributed by atoms with Gasteiger partial charge in [-0.1, -0.05) is 13.8 Å². The zero-order valence-electron chi connectivity index (χ0n) is 9.56. The van der Waals surface area contributed by atoms with Gasteiger partial charge in [-0.2, -0.15) is 8.42 Å². The summed E-state index contributed by atoms with van der Waals surface area (Å²) in [6, 6.07) is 0. The number of rotatable bonds is 1. The molecule has 0 amide bonds. The lowest BCUT2D eigenvalue weighted by molar-refractivity contribution is 0.371. The Kier molecular flexibility index (Phi) is 2.36. The lowest BCUT2D eigenvalue weighted by atomic mass is 9.74. The smallest absolute Gasteiger partial charge is 0.282 e. The highest BCUT2D eigenvalue weighted by molar-refractivity contribution is 7.89. The Morgan fingerprint density at radius 2 is 2.06 bits per heavy atom. The highest BCUT2D eigenvalue weighted by Crippen LogP contribution is 2.46. The van der Waals surface area contributed by atoms with E-state index in [1.165, 1.54) is 6.08 Å². The van der Waals surface area contributed by atoms with Crippen molar-refractivity contribution < 1.29 is 13.0 Å². The average molecular weight is 241 g/mol. The molecule has 1 heterocycles. The predicted molar refractivity (Wildman–Crippen MR) is 62.7 cm³/mol. The molecule has 0 bridgehead atoms. The molecule has 5 heteroatoms. The standard InChI is InChI=1S/C11H15NO3S/c1-7-11(2,3)9-6-8(16(13,14)15)4-5-10(9)12-7/h4-5,9H,6H2,1-3H3,(H,13,14,15). The van der Waals surface area contributed by atoms with Gasteiger partial charge in [-0.05, 0) is 25.5 Å². The van der Waals surface area contributed by atoms with Gasteiger partial charge in [0.1, 0.15) is 0 Å². The second kappa shape index (κ2) is 3.28. The van der Waals surface area contributed by atoms with Crippen LogP contribution in [0.3, 0.4) is 0 Å². The van der Waals surface area contributed by atoms with Crippen molar-refractivity contribution in [3.8, 4) is 0 Å². The number of hydrogen-bond acceptors (Lipinski definition) is 3. The molecule has 1 unspecified atom stereocenters. The first kappa shape index (κ1) is 11.5. The summed E-state index contributed by atoms with van der Waals surface area (Å²) in [7, 11) is -4.07. The first-order chi connectivity index (χ1) is 7.23. The molecule has 16 heavy (non-hydrogen) atoms. The van der Waals surface area contributed by atoms with Crippen molar-refractivity contribution in [1.29, 1.82) is 0 Å². The molecule has 1 atom stereocenters. The lowest BCUT2D eigenvalue weighted by Gasteiger charge is -2.29. The van der Waals surface area contributed by atoms with E-state index in [9.17, 15) is 8.42 Å².